The number of rotatable bonds is 6. The fourth-order valence-corrected chi connectivity index (χ4v) is 5.02. The summed E-state index contributed by atoms with van der Waals surface area (Å²) in [6, 6.07) is 7.11. The van der Waals surface area contributed by atoms with Crippen LogP contribution < -0.4 is 5.32 Å². The van der Waals surface area contributed by atoms with Gasteiger partial charge in [-0.1, -0.05) is 31.0 Å². The summed E-state index contributed by atoms with van der Waals surface area (Å²) >= 11 is 0. The van der Waals surface area contributed by atoms with Gasteiger partial charge in [-0.15, -0.1) is 0 Å². The van der Waals surface area contributed by atoms with Crippen LogP contribution in [0.2, 0.25) is 0 Å². The molecule has 1 saturated carbocycles. The molecule has 1 saturated heterocycles. The van der Waals surface area contributed by atoms with Crippen molar-refractivity contribution < 1.29 is 17.9 Å². The van der Waals surface area contributed by atoms with E-state index in [1.54, 1.807) is 24.3 Å². The number of hydrogen-bond acceptors (Lipinski definition) is 5. The van der Waals surface area contributed by atoms with Gasteiger partial charge in [-0.3, -0.25) is 9.69 Å². The predicted octanol–water partition coefficient (Wildman–Crippen LogP) is 1.20. The van der Waals surface area contributed by atoms with Gasteiger partial charge in [0, 0.05) is 33.2 Å². The topological polar surface area (TPSA) is 79.0 Å². The molecule has 1 aliphatic carbocycles. The van der Waals surface area contributed by atoms with E-state index in [0.717, 1.165) is 19.4 Å². The van der Waals surface area contributed by atoms with Gasteiger partial charge in [0.15, 0.2) is 0 Å². The fraction of sp³-hybridized carbons (Fsp3) is 0.632. The first-order valence-corrected chi connectivity index (χ1v) is 11.0. The van der Waals surface area contributed by atoms with Crippen LogP contribution in [-0.2, 0) is 26.1 Å². The van der Waals surface area contributed by atoms with Crippen molar-refractivity contribution in [3.63, 3.8) is 0 Å². The number of nitrogens with one attached hydrogen (secondary N) is 1. The van der Waals surface area contributed by atoms with Crippen LogP contribution in [-0.4, -0.2) is 69.5 Å². The van der Waals surface area contributed by atoms with Gasteiger partial charge in [0.25, 0.3) is 0 Å². The van der Waals surface area contributed by atoms with E-state index in [1.807, 2.05) is 0 Å². The average Bonchev–Trinajstić information content (AvgIpc) is 2.67. The Hall–Kier alpha value is -1.48. The summed E-state index contributed by atoms with van der Waals surface area (Å²) < 4.78 is 32.0. The molecule has 1 N–H and O–H groups in total. The molecular weight excluding hydrogens is 366 g/mol. The van der Waals surface area contributed by atoms with E-state index in [2.05, 4.69) is 10.2 Å². The van der Waals surface area contributed by atoms with Gasteiger partial charge in [0.1, 0.15) is 0 Å². The molecule has 1 heterocycles. The first kappa shape index (κ1) is 20.3. The Kier molecular flexibility index (Phi) is 6.52. The molecule has 2 fully saturated rings. The SMILES string of the molecule is CN(C)S(=O)(=O)c1ccccc1CNC(=O)CN1CCOC2CCCCC21. The maximum absolute atomic E-state index is 12.5. The Balaban J connectivity index is 1.61. The number of nitrogens with zero attached hydrogens (tertiary/aromatic N) is 2. The summed E-state index contributed by atoms with van der Waals surface area (Å²) in [6.07, 6.45) is 4.75. The number of ether oxygens (including phenoxy) is 1. The van der Waals surface area contributed by atoms with Crippen LogP contribution in [0.3, 0.4) is 0 Å². The Morgan fingerprint density at radius 3 is 2.78 bits per heavy atom. The zero-order valence-corrected chi connectivity index (χ0v) is 16.9. The summed E-state index contributed by atoms with van der Waals surface area (Å²) in [4.78, 5) is 14.9. The summed E-state index contributed by atoms with van der Waals surface area (Å²) in [7, 11) is -0.536. The molecule has 0 bridgehead atoms. The monoisotopic (exact) mass is 395 g/mol. The highest BCUT2D eigenvalue weighted by Crippen LogP contribution is 2.28. The van der Waals surface area contributed by atoms with Gasteiger partial charge < -0.3 is 10.1 Å². The minimum Gasteiger partial charge on any atom is -0.375 e. The normalized spacial score (nSPS) is 23.8. The summed E-state index contributed by atoms with van der Waals surface area (Å²) in [5, 5.41) is 2.89. The molecule has 27 heavy (non-hydrogen) atoms. The summed E-state index contributed by atoms with van der Waals surface area (Å²) in [5.74, 6) is -0.0849. The van der Waals surface area contributed by atoms with Crippen LogP contribution in [0.25, 0.3) is 0 Å². The lowest BCUT2D eigenvalue weighted by molar-refractivity contribution is -0.129. The van der Waals surface area contributed by atoms with Gasteiger partial charge in [-0.25, -0.2) is 12.7 Å². The molecule has 2 aliphatic rings. The van der Waals surface area contributed by atoms with Crippen molar-refractivity contribution in [2.24, 2.45) is 0 Å². The lowest BCUT2D eigenvalue weighted by atomic mass is 9.90. The molecule has 0 spiro atoms. The molecule has 1 aromatic rings. The van der Waals surface area contributed by atoms with Gasteiger partial charge >= 0.3 is 0 Å². The van der Waals surface area contributed by atoms with E-state index in [-0.39, 0.29) is 23.5 Å². The van der Waals surface area contributed by atoms with Crippen LogP contribution in [0, 0.1) is 0 Å². The van der Waals surface area contributed by atoms with Crippen molar-refractivity contribution in [2.45, 2.75) is 49.3 Å². The first-order valence-electron chi connectivity index (χ1n) is 9.52. The van der Waals surface area contributed by atoms with Gasteiger partial charge in [-0.05, 0) is 24.5 Å². The molecule has 2 unspecified atom stereocenters. The van der Waals surface area contributed by atoms with Gasteiger partial charge in [-0.2, -0.15) is 0 Å². The summed E-state index contributed by atoms with van der Waals surface area (Å²) in [5.41, 5.74) is 0.595. The number of hydrogen-bond donors (Lipinski definition) is 1. The van der Waals surface area contributed by atoms with Crippen LogP contribution in [0.15, 0.2) is 29.2 Å². The van der Waals surface area contributed by atoms with Crippen LogP contribution in [0.5, 0.6) is 0 Å². The maximum atomic E-state index is 12.5. The molecule has 8 heteroatoms. The molecule has 0 radical (unpaired) electrons. The molecule has 2 atom stereocenters. The van der Waals surface area contributed by atoms with Crippen LogP contribution in [0.4, 0.5) is 0 Å². The highest BCUT2D eigenvalue weighted by molar-refractivity contribution is 7.89. The second-order valence-corrected chi connectivity index (χ2v) is 9.52. The zero-order chi connectivity index (χ0) is 19.4. The largest absolute Gasteiger partial charge is 0.375 e. The Bertz CT molecular complexity index is 764. The third-order valence-electron chi connectivity index (χ3n) is 5.40. The molecule has 7 nitrogen and oxygen atoms in total. The standard InChI is InChI=1S/C19H29N3O4S/c1-21(2)27(24,25)18-10-6-3-7-15(18)13-20-19(23)14-22-11-12-26-17-9-5-4-8-16(17)22/h3,6-7,10,16-17H,4-5,8-9,11-14H2,1-2H3,(H,20,23). The number of morpholine rings is 1. The quantitative estimate of drug-likeness (QED) is 0.783. The molecule has 150 valence electrons. The zero-order valence-electron chi connectivity index (χ0n) is 16.1. The van der Waals surface area contributed by atoms with E-state index in [0.29, 0.717) is 24.8 Å². The molecule has 1 aliphatic heterocycles. The van der Waals surface area contributed by atoms with E-state index in [1.165, 1.54) is 31.2 Å². The molecule has 0 aromatic heterocycles. The van der Waals surface area contributed by atoms with Gasteiger partial charge in [0.2, 0.25) is 15.9 Å². The smallest absolute Gasteiger partial charge is 0.242 e. The Labute approximate surface area is 161 Å². The van der Waals surface area contributed by atoms with E-state index in [9.17, 15) is 13.2 Å². The number of amides is 1. The third-order valence-corrected chi connectivity index (χ3v) is 7.32. The Morgan fingerprint density at radius 1 is 1.26 bits per heavy atom. The van der Waals surface area contributed by atoms with Crippen molar-refractivity contribution in [1.82, 2.24) is 14.5 Å². The lowest BCUT2D eigenvalue weighted by Gasteiger charge is -2.43. The van der Waals surface area contributed by atoms with Crippen molar-refractivity contribution in [3.8, 4) is 0 Å². The number of carbonyl (C=O) groups excluding carboxylic acids is 1. The van der Waals surface area contributed by atoms with Crippen molar-refractivity contribution >= 4 is 15.9 Å². The van der Waals surface area contributed by atoms with Crippen molar-refractivity contribution in [3.05, 3.63) is 29.8 Å². The molecular formula is C19H29N3O4S. The number of sulfonamides is 1. The summed E-state index contributed by atoms with van der Waals surface area (Å²) in [6.45, 7) is 1.95. The highest BCUT2D eigenvalue weighted by Gasteiger charge is 2.34. The lowest BCUT2D eigenvalue weighted by Crippen LogP contribution is -2.55. The van der Waals surface area contributed by atoms with Crippen LogP contribution in [0.1, 0.15) is 31.2 Å². The minimum absolute atomic E-state index is 0.0849. The minimum atomic E-state index is -3.54. The fourth-order valence-electron chi connectivity index (χ4n) is 3.91. The highest BCUT2D eigenvalue weighted by atomic mass is 32.2. The number of benzene rings is 1. The predicted molar refractivity (Wildman–Crippen MR) is 103 cm³/mol. The van der Waals surface area contributed by atoms with Crippen molar-refractivity contribution in [2.75, 3.05) is 33.8 Å². The first-order chi connectivity index (χ1) is 12.9. The molecule has 1 aromatic carbocycles. The molecule has 3 rings (SSSR count). The van der Waals surface area contributed by atoms with Crippen LogP contribution >= 0.6 is 0 Å². The van der Waals surface area contributed by atoms with Gasteiger partial charge in [0.05, 0.1) is 24.2 Å². The average molecular weight is 396 g/mol. The van der Waals surface area contributed by atoms with E-state index >= 15 is 0 Å². The molecule has 1 amide bonds. The maximum Gasteiger partial charge on any atom is 0.242 e. The second-order valence-electron chi connectivity index (χ2n) is 7.40. The number of carbonyl (C=O) groups is 1. The van der Waals surface area contributed by atoms with E-state index in [4.69, 9.17) is 4.74 Å². The second kappa shape index (κ2) is 8.68. The van der Waals surface area contributed by atoms with E-state index < -0.39 is 10.0 Å². The number of fused-ring (bicyclic) bond motifs is 1. The van der Waals surface area contributed by atoms with Crippen molar-refractivity contribution in [1.29, 1.82) is 0 Å². The Morgan fingerprint density at radius 2 is 2.00 bits per heavy atom. The third kappa shape index (κ3) is 4.68.